The molecule has 0 unspecified atom stereocenters. The lowest BCUT2D eigenvalue weighted by Crippen LogP contribution is -2.40. The molecule has 10 heteroatoms. The third kappa shape index (κ3) is 6.93. The summed E-state index contributed by atoms with van der Waals surface area (Å²) in [4.78, 5) is 43.6. The minimum Gasteiger partial charge on any atom is -0.493 e. The summed E-state index contributed by atoms with van der Waals surface area (Å²) in [5.74, 6) is 0.929. The monoisotopic (exact) mass is 563 g/mol. The number of carbonyl (C=O) groups excluding carboxylic acids is 3. The zero-order valence-corrected chi connectivity index (χ0v) is 24.0. The number of anilines is 2. The molecular formula is C31H41N5O5. The molecule has 0 bridgehead atoms. The van der Waals surface area contributed by atoms with Gasteiger partial charge in [-0.25, -0.2) is 0 Å². The van der Waals surface area contributed by atoms with Crippen LogP contribution in [0, 0.1) is 5.92 Å². The van der Waals surface area contributed by atoms with E-state index in [4.69, 9.17) is 15.2 Å². The number of nitrogens with one attached hydrogen (secondary N) is 2. The van der Waals surface area contributed by atoms with Gasteiger partial charge in [-0.3, -0.25) is 14.4 Å². The Balaban J connectivity index is 1.38. The predicted molar refractivity (Wildman–Crippen MR) is 158 cm³/mol. The van der Waals surface area contributed by atoms with Crippen molar-refractivity contribution in [2.24, 2.45) is 11.7 Å². The van der Waals surface area contributed by atoms with Crippen LogP contribution in [0.2, 0.25) is 0 Å². The summed E-state index contributed by atoms with van der Waals surface area (Å²) in [5, 5.41) is 6.19. The zero-order chi connectivity index (χ0) is 28.9. The van der Waals surface area contributed by atoms with Crippen molar-refractivity contribution < 1.29 is 23.9 Å². The second kappa shape index (κ2) is 12.8. The van der Waals surface area contributed by atoms with Gasteiger partial charge >= 0.3 is 0 Å². The quantitative estimate of drug-likeness (QED) is 0.449. The average molecular weight is 564 g/mol. The highest BCUT2D eigenvalue weighted by Crippen LogP contribution is 2.33. The lowest BCUT2D eigenvalue weighted by atomic mass is 9.91. The fourth-order valence-electron chi connectivity index (χ4n) is 5.72. The number of carbonyl (C=O) groups is 3. The molecule has 1 aliphatic heterocycles. The molecule has 2 saturated carbocycles. The first-order valence-corrected chi connectivity index (χ1v) is 14.6. The molecule has 1 heterocycles. The van der Waals surface area contributed by atoms with Gasteiger partial charge in [0.1, 0.15) is 0 Å². The van der Waals surface area contributed by atoms with Crippen LogP contribution < -0.4 is 30.7 Å². The molecular weight excluding hydrogens is 522 g/mol. The van der Waals surface area contributed by atoms with Gasteiger partial charge in [0.15, 0.2) is 11.5 Å². The van der Waals surface area contributed by atoms with E-state index in [9.17, 15) is 14.4 Å². The van der Waals surface area contributed by atoms with Crippen LogP contribution in [-0.4, -0.2) is 75.1 Å². The van der Waals surface area contributed by atoms with E-state index in [1.54, 1.807) is 31.4 Å². The maximum absolute atomic E-state index is 13.4. The molecule has 220 valence electrons. The van der Waals surface area contributed by atoms with Crippen LogP contribution in [-0.2, 0) is 4.79 Å². The average Bonchev–Trinajstić information content (AvgIpc) is 3.85. The summed E-state index contributed by atoms with van der Waals surface area (Å²) in [5.41, 5.74) is 8.28. The Labute approximate surface area is 241 Å². The highest BCUT2D eigenvalue weighted by molar-refractivity contribution is 6.07. The number of hydrogen-bond donors (Lipinski definition) is 3. The molecule has 2 aliphatic carbocycles. The Bertz CT molecular complexity index is 1270. The molecule has 10 nitrogen and oxygen atoms in total. The second-order valence-electron chi connectivity index (χ2n) is 11.3. The lowest BCUT2D eigenvalue weighted by Gasteiger charge is -2.28. The molecule has 5 rings (SSSR count). The van der Waals surface area contributed by atoms with Crippen LogP contribution in [0.1, 0.15) is 65.7 Å². The van der Waals surface area contributed by atoms with E-state index in [0.29, 0.717) is 41.4 Å². The van der Waals surface area contributed by atoms with Gasteiger partial charge in [-0.15, -0.1) is 0 Å². The van der Waals surface area contributed by atoms with Gasteiger partial charge in [-0.2, -0.15) is 0 Å². The number of rotatable bonds is 8. The Hall–Kier alpha value is -3.79. The fraction of sp³-hybridized carbons (Fsp3) is 0.516. The summed E-state index contributed by atoms with van der Waals surface area (Å²) in [6.45, 7) is 2.74. The number of benzene rings is 2. The topological polar surface area (TPSA) is 126 Å². The van der Waals surface area contributed by atoms with E-state index >= 15 is 0 Å². The van der Waals surface area contributed by atoms with E-state index in [2.05, 4.69) is 15.5 Å². The molecule has 4 N–H and O–H groups in total. The van der Waals surface area contributed by atoms with Gasteiger partial charge in [0.25, 0.3) is 11.8 Å². The number of methoxy groups -OCH3 is 2. The van der Waals surface area contributed by atoms with Crippen LogP contribution in [0.5, 0.6) is 11.5 Å². The Morgan fingerprint density at radius 1 is 0.805 bits per heavy atom. The highest BCUT2D eigenvalue weighted by Gasteiger charge is 2.34. The van der Waals surface area contributed by atoms with E-state index in [1.807, 2.05) is 17.0 Å². The first-order valence-electron chi connectivity index (χ1n) is 14.6. The zero-order valence-electron chi connectivity index (χ0n) is 24.0. The third-order valence-electron chi connectivity index (χ3n) is 8.33. The van der Waals surface area contributed by atoms with Crippen molar-refractivity contribution in [3.8, 4) is 11.5 Å². The van der Waals surface area contributed by atoms with Crippen LogP contribution in [0.25, 0.3) is 0 Å². The molecule has 2 aromatic rings. The highest BCUT2D eigenvalue weighted by atomic mass is 16.5. The number of hydrogen-bond acceptors (Lipinski definition) is 7. The first-order chi connectivity index (χ1) is 19.9. The first kappa shape index (κ1) is 28.7. The lowest BCUT2D eigenvalue weighted by molar-refractivity contribution is -0.132. The summed E-state index contributed by atoms with van der Waals surface area (Å²) >= 11 is 0. The minimum absolute atomic E-state index is 0.0902. The molecule has 41 heavy (non-hydrogen) atoms. The molecule has 0 spiro atoms. The van der Waals surface area contributed by atoms with E-state index in [1.165, 1.54) is 7.11 Å². The van der Waals surface area contributed by atoms with Crippen molar-refractivity contribution in [2.75, 3.05) is 50.6 Å². The van der Waals surface area contributed by atoms with Crippen molar-refractivity contribution in [2.45, 2.75) is 57.0 Å². The van der Waals surface area contributed by atoms with Gasteiger partial charge in [0.2, 0.25) is 5.91 Å². The van der Waals surface area contributed by atoms with Crippen molar-refractivity contribution in [3.05, 3.63) is 47.5 Å². The molecule has 3 aliphatic rings. The van der Waals surface area contributed by atoms with Crippen LogP contribution >= 0.6 is 0 Å². The van der Waals surface area contributed by atoms with Gasteiger partial charge < -0.3 is 35.6 Å². The van der Waals surface area contributed by atoms with Crippen LogP contribution in [0.4, 0.5) is 11.4 Å². The number of ether oxygens (including phenoxy) is 2. The van der Waals surface area contributed by atoms with Gasteiger partial charge in [0.05, 0.1) is 25.6 Å². The third-order valence-corrected chi connectivity index (χ3v) is 8.33. The Morgan fingerprint density at radius 3 is 2.22 bits per heavy atom. The van der Waals surface area contributed by atoms with Gasteiger partial charge in [-0.05, 0) is 81.3 Å². The smallest absolute Gasteiger partial charge is 0.255 e. The number of nitrogens with two attached hydrogens (primary N) is 1. The summed E-state index contributed by atoms with van der Waals surface area (Å²) < 4.78 is 10.7. The Kier molecular flexibility index (Phi) is 8.97. The molecule has 3 amide bonds. The van der Waals surface area contributed by atoms with E-state index in [0.717, 1.165) is 63.7 Å². The van der Waals surface area contributed by atoms with Crippen LogP contribution in [0.3, 0.4) is 0 Å². The van der Waals surface area contributed by atoms with E-state index < -0.39 is 0 Å². The summed E-state index contributed by atoms with van der Waals surface area (Å²) in [6, 6.07) is 10.7. The molecule has 2 aromatic carbocycles. The molecule has 0 atom stereocenters. The van der Waals surface area contributed by atoms with Crippen LogP contribution in [0.15, 0.2) is 36.4 Å². The number of nitrogens with zero attached hydrogens (tertiary/aromatic N) is 2. The fourth-order valence-corrected chi connectivity index (χ4v) is 5.72. The number of amides is 3. The van der Waals surface area contributed by atoms with Crippen molar-refractivity contribution >= 4 is 29.1 Å². The van der Waals surface area contributed by atoms with E-state index in [-0.39, 0.29) is 35.7 Å². The summed E-state index contributed by atoms with van der Waals surface area (Å²) in [6.07, 6.45) is 6.31. The predicted octanol–water partition coefficient (Wildman–Crippen LogP) is 3.40. The largest absolute Gasteiger partial charge is 0.493 e. The normalized spacial score (nSPS) is 21.0. The van der Waals surface area contributed by atoms with Gasteiger partial charge in [0, 0.05) is 55.3 Å². The standard InChI is InChI=1S/C31H41N5O5/c1-40-27-13-7-22(19-28(27)41-2)30(38)34-25-18-21(29(37)33-24-10-8-23(32)9-11-24)6-12-26(25)35-14-3-15-36(17-16-35)31(39)20-4-5-20/h6-7,12-13,18-20,23-24H,3-5,8-11,14-17,32H2,1-2H3,(H,33,37)(H,34,38). The molecule has 0 radical (unpaired) electrons. The minimum atomic E-state index is -0.327. The second-order valence-corrected chi connectivity index (χ2v) is 11.3. The maximum Gasteiger partial charge on any atom is 0.255 e. The SMILES string of the molecule is COc1ccc(C(=O)Nc2cc(C(=O)NC3CCC(N)CC3)ccc2N2CCCN(C(=O)C3CC3)CC2)cc1OC. The Morgan fingerprint density at radius 2 is 1.51 bits per heavy atom. The summed E-state index contributed by atoms with van der Waals surface area (Å²) in [7, 11) is 3.07. The molecule has 3 fully saturated rings. The van der Waals surface area contributed by atoms with Crippen molar-refractivity contribution in [3.63, 3.8) is 0 Å². The van der Waals surface area contributed by atoms with Crippen molar-refractivity contribution in [1.29, 1.82) is 0 Å². The maximum atomic E-state index is 13.4. The van der Waals surface area contributed by atoms with Crippen molar-refractivity contribution in [1.82, 2.24) is 10.2 Å². The molecule has 1 saturated heterocycles. The van der Waals surface area contributed by atoms with Gasteiger partial charge in [-0.1, -0.05) is 0 Å². The molecule has 0 aromatic heterocycles.